The second kappa shape index (κ2) is 7.94. The predicted molar refractivity (Wildman–Crippen MR) is 109 cm³/mol. The van der Waals surface area contributed by atoms with Crippen molar-refractivity contribution in [3.63, 3.8) is 0 Å². The summed E-state index contributed by atoms with van der Waals surface area (Å²) in [7, 11) is 0. The summed E-state index contributed by atoms with van der Waals surface area (Å²) in [4.78, 5) is 46.3. The molecule has 29 heavy (non-hydrogen) atoms. The minimum Gasteiger partial charge on any atom is -0.332 e. The van der Waals surface area contributed by atoms with Crippen LogP contribution in [0.25, 0.3) is 0 Å². The van der Waals surface area contributed by atoms with Crippen molar-refractivity contribution < 1.29 is 14.4 Å². The van der Waals surface area contributed by atoms with Crippen molar-refractivity contribution >= 4 is 29.2 Å². The number of thiazole rings is 1. The molecule has 8 heteroatoms. The molecule has 0 aliphatic carbocycles. The molecular formula is C21H24N4O3S. The molecule has 4 rings (SSSR count). The van der Waals surface area contributed by atoms with E-state index in [0.29, 0.717) is 13.0 Å². The molecule has 0 bridgehead atoms. The summed E-state index contributed by atoms with van der Waals surface area (Å²) in [5.41, 5.74) is -0.385. The smallest absolute Gasteiger partial charge is 0.325 e. The van der Waals surface area contributed by atoms with Gasteiger partial charge in [-0.15, -0.1) is 11.3 Å². The summed E-state index contributed by atoms with van der Waals surface area (Å²) in [6.07, 6.45) is 4.95. The number of hydrogen-bond donors (Lipinski definition) is 1. The maximum Gasteiger partial charge on any atom is 0.325 e. The van der Waals surface area contributed by atoms with Gasteiger partial charge in [0.25, 0.3) is 5.91 Å². The lowest BCUT2D eigenvalue weighted by atomic mass is 9.87. The number of likely N-dealkylation sites (tertiary alicyclic amines) is 1. The molecule has 1 N–H and O–H groups in total. The summed E-state index contributed by atoms with van der Waals surface area (Å²) in [6, 6.07) is 8.61. The van der Waals surface area contributed by atoms with Crippen molar-refractivity contribution in [1.82, 2.24) is 20.1 Å². The third-order valence-electron chi connectivity index (χ3n) is 5.83. The Labute approximate surface area is 173 Å². The molecule has 4 amide bonds. The normalized spacial score (nSPS) is 24.7. The third kappa shape index (κ3) is 3.42. The summed E-state index contributed by atoms with van der Waals surface area (Å²) < 4.78 is 0. The zero-order valence-corrected chi connectivity index (χ0v) is 17.2. The molecule has 0 radical (unpaired) electrons. The van der Waals surface area contributed by atoms with Crippen molar-refractivity contribution in [2.75, 3.05) is 13.1 Å². The Morgan fingerprint density at radius 1 is 1.28 bits per heavy atom. The van der Waals surface area contributed by atoms with Crippen LogP contribution in [0.5, 0.6) is 0 Å². The van der Waals surface area contributed by atoms with E-state index in [4.69, 9.17) is 0 Å². The number of carbonyl (C=O) groups is 3. The van der Waals surface area contributed by atoms with Gasteiger partial charge in [-0.3, -0.25) is 14.5 Å². The highest BCUT2D eigenvalue weighted by Gasteiger charge is 2.52. The molecule has 2 aliphatic heterocycles. The van der Waals surface area contributed by atoms with Crippen LogP contribution in [0.4, 0.5) is 4.79 Å². The first-order valence-electron chi connectivity index (χ1n) is 9.95. The first kappa shape index (κ1) is 19.6. The summed E-state index contributed by atoms with van der Waals surface area (Å²) in [5.74, 6) is -0.583. The van der Waals surface area contributed by atoms with Gasteiger partial charge < -0.3 is 10.2 Å². The topological polar surface area (TPSA) is 82.6 Å². The van der Waals surface area contributed by atoms with Crippen LogP contribution in [0.15, 0.2) is 41.9 Å². The highest BCUT2D eigenvalue weighted by atomic mass is 32.1. The molecule has 1 aromatic heterocycles. The van der Waals surface area contributed by atoms with E-state index in [0.717, 1.165) is 34.7 Å². The van der Waals surface area contributed by atoms with Gasteiger partial charge in [0.15, 0.2) is 0 Å². The summed E-state index contributed by atoms with van der Waals surface area (Å²) >= 11 is 1.53. The summed E-state index contributed by atoms with van der Waals surface area (Å²) in [6.45, 7) is 2.23. The number of rotatable bonds is 5. The first-order chi connectivity index (χ1) is 14.1. The molecule has 2 aliphatic rings. The highest BCUT2D eigenvalue weighted by Crippen LogP contribution is 2.34. The molecule has 2 saturated heterocycles. The van der Waals surface area contributed by atoms with Gasteiger partial charge in [-0.05, 0) is 31.2 Å². The Morgan fingerprint density at radius 2 is 2.07 bits per heavy atom. The van der Waals surface area contributed by atoms with E-state index in [-0.39, 0.29) is 24.4 Å². The van der Waals surface area contributed by atoms with E-state index < -0.39 is 11.6 Å². The molecule has 1 aromatic carbocycles. The molecule has 2 unspecified atom stereocenters. The van der Waals surface area contributed by atoms with Gasteiger partial charge in [0, 0.05) is 18.1 Å². The van der Waals surface area contributed by atoms with E-state index >= 15 is 0 Å². The molecule has 152 valence electrons. The predicted octanol–water partition coefficient (Wildman–Crippen LogP) is 3.05. The average Bonchev–Trinajstić information content (AvgIpc) is 3.37. The van der Waals surface area contributed by atoms with Crippen molar-refractivity contribution in [2.24, 2.45) is 0 Å². The van der Waals surface area contributed by atoms with E-state index in [1.54, 1.807) is 11.1 Å². The van der Waals surface area contributed by atoms with Crippen molar-refractivity contribution in [2.45, 2.75) is 44.2 Å². The van der Waals surface area contributed by atoms with E-state index in [1.807, 2.05) is 42.6 Å². The second-order valence-corrected chi connectivity index (χ2v) is 8.34. The Kier molecular flexibility index (Phi) is 5.36. The van der Waals surface area contributed by atoms with Gasteiger partial charge in [-0.2, -0.15) is 0 Å². The lowest BCUT2D eigenvalue weighted by Gasteiger charge is -2.35. The van der Waals surface area contributed by atoms with Crippen molar-refractivity contribution in [3.8, 4) is 0 Å². The Balaban J connectivity index is 1.55. The van der Waals surface area contributed by atoms with Gasteiger partial charge in [0.05, 0.1) is 6.04 Å². The zero-order valence-electron chi connectivity index (χ0n) is 16.3. The number of nitrogens with zero attached hydrogens (tertiary/aromatic N) is 3. The van der Waals surface area contributed by atoms with Crippen LogP contribution < -0.4 is 5.32 Å². The quantitative estimate of drug-likeness (QED) is 0.765. The number of hydrogen-bond acceptors (Lipinski definition) is 5. The number of urea groups is 1. The molecule has 2 fully saturated rings. The minimum absolute atomic E-state index is 0.0814. The van der Waals surface area contributed by atoms with Gasteiger partial charge in [-0.25, -0.2) is 9.78 Å². The van der Waals surface area contributed by atoms with Crippen LogP contribution in [0.2, 0.25) is 0 Å². The number of benzene rings is 1. The van der Waals surface area contributed by atoms with Crippen molar-refractivity contribution in [3.05, 3.63) is 52.5 Å². The average molecular weight is 413 g/mol. The number of amides is 4. The Morgan fingerprint density at radius 3 is 2.76 bits per heavy atom. The molecule has 3 heterocycles. The number of imide groups is 1. The fraction of sp³-hybridized carbons (Fsp3) is 0.429. The number of piperidine rings is 1. The number of nitrogens with one attached hydrogen (secondary N) is 1. The van der Waals surface area contributed by atoms with Crippen LogP contribution in [0.1, 0.15) is 49.2 Å². The van der Waals surface area contributed by atoms with E-state index in [1.165, 1.54) is 11.3 Å². The summed E-state index contributed by atoms with van der Waals surface area (Å²) in [5, 5.41) is 5.64. The first-order valence-corrected chi connectivity index (χ1v) is 10.8. The van der Waals surface area contributed by atoms with Gasteiger partial charge >= 0.3 is 6.03 Å². The van der Waals surface area contributed by atoms with Crippen molar-refractivity contribution in [1.29, 1.82) is 0 Å². The maximum atomic E-state index is 13.3. The number of aromatic nitrogens is 1. The monoisotopic (exact) mass is 412 g/mol. The van der Waals surface area contributed by atoms with E-state index in [9.17, 15) is 14.4 Å². The fourth-order valence-electron chi connectivity index (χ4n) is 4.24. The van der Waals surface area contributed by atoms with Gasteiger partial charge in [0.1, 0.15) is 17.1 Å². The SMILES string of the molecule is CCC1(c2ccccc2)NC(=O)N(CC(=O)N2CCCCC2c2nccs2)C1=O. The molecule has 0 spiro atoms. The van der Waals surface area contributed by atoms with Crippen LogP contribution in [0.3, 0.4) is 0 Å². The lowest BCUT2D eigenvalue weighted by molar-refractivity contribution is -0.141. The zero-order chi connectivity index (χ0) is 20.4. The molecule has 0 saturated carbocycles. The highest BCUT2D eigenvalue weighted by molar-refractivity contribution is 7.09. The molecule has 2 aromatic rings. The second-order valence-electron chi connectivity index (χ2n) is 7.42. The van der Waals surface area contributed by atoms with Crippen LogP contribution >= 0.6 is 11.3 Å². The molecular weight excluding hydrogens is 388 g/mol. The standard InChI is InChI=1S/C21H24N4O3S/c1-2-21(15-8-4-3-5-9-15)19(27)25(20(28)23-21)14-17(26)24-12-7-6-10-16(24)18-22-11-13-29-18/h3-5,8-9,11,13,16H,2,6-7,10,12,14H2,1H3,(H,23,28). The largest absolute Gasteiger partial charge is 0.332 e. The van der Waals surface area contributed by atoms with Crippen LogP contribution in [-0.2, 0) is 15.1 Å². The Hall–Kier alpha value is -2.74. The minimum atomic E-state index is -1.12. The lowest BCUT2D eigenvalue weighted by Crippen LogP contribution is -2.47. The fourth-order valence-corrected chi connectivity index (χ4v) is 5.03. The maximum absolute atomic E-state index is 13.3. The van der Waals surface area contributed by atoms with Gasteiger partial charge in [0.2, 0.25) is 5.91 Å². The van der Waals surface area contributed by atoms with Crippen LogP contribution in [-0.4, -0.2) is 45.7 Å². The number of carbonyl (C=O) groups excluding carboxylic acids is 3. The van der Waals surface area contributed by atoms with E-state index in [2.05, 4.69) is 10.3 Å². The molecule has 2 atom stereocenters. The van der Waals surface area contributed by atoms with Gasteiger partial charge in [-0.1, -0.05) is 37.3 Å². The Bertz CT molecular complexity index is 902. The third-order valence-corrected chi connectivity index (χ3v) is 6.70. The molecule has 7 nitrogen and oxygen atoms in total. The van der Waals surface area contributed by atoms with Crippen LogP contribution in [0, 0.1) is 0 Å².